The van der Waals surface area contributed by atoms with Gasteiger partial charge in [0.1, 0.15) is 13.1 Å². The van der Waals surface area contributed by atoms with Gasteiger partial charge in [-0.25, -0.2) is 4.68 Å². The smallest absolute Gasteiger partial charge is 0.258 e. The van der Waals surface area contributed by atoms with Crippen LogP contribution in [0.3, 0.4) is 0 Å². The lowest BCUT2D eigenvalue weighted by atomic mass is 10.0. The monoisotopic (exact) mass is 385 g/mol. The second kappa shape index (κ2) is 8.17. The highest BCUT2D eigenvalue weighted by Crippen LogP contribution is 2.19. The van der Waals surface area contributed by atoms with E-state index in [1.54, 1.807) is 11.8 Å². The third kappa shape index (κ3) is 3.68. The third-order valence-corrected chi connectivity index (χ3v) is 5.21. The molecule has 9 heteroatoms. The number of fused-ring (bicyclic) bond motifs is 1. The third-order valence-electron chi connectivity index (χ3n) is 5.21. The maximum absolute atomic E-state index is 13.0. The number of nitrogens with one attached hydrogen (secondary N) is 2. The predicted molar refractivity (Wildman–Crippen MR) is 102 cm³/mol. The average Bonchev–Trinajstić information content (AvgIpc) is 3.16. The van der Waals surface area contributed by atoms with E-state index in [2.05, 4.69) is 26.6 Å². The second-order valence-corrected chi connectivity index (χ2v) is 7.10. The standard InChI is InChI=1S/C19H24N6O3/c1-13-3-4-16-14(11-13)12-15(19(26)20-16)17(24-5-9-28-10-6-24)18-21-22-23-25(18)7-8-27-2/h3-4,11-12,17H,5-10H2,1-2H3,(H,20,26)/p+1/t17-/m1/s1. The molecule has 1 saturated heterocycles. The van der Waals surface area contributed by atoms with Gasteiger partial charge in [-0.1, -0.05) is 11.6 Å². The van der Waals surface area contributed by atoms with Crippen molar-refractivity contribution in [1.82, 2.24) is 25.2 Å². The molecule has 3 heterocycles. The highest BCUT2D eigenvalue weighted by molar-refractivity contribution is 5.79. The van der Waals surface area contributed by atoms with Crippen LogP contribution in [0.25, 0.3) is 10.9 Å². The number of H-pyrrole nitrogens is 1. The lowest BCUT2D eigenvalue weighted by Crippen LogP contribution is -3.14. The number of hydrogen-bond acceptors (Lipinski definition) is 6. The Labute approximate surface area is 162 Å². The number of hydrogen-bond donors (Lipinski definition) is 2. The first-order valence-electron chi connectivity index (χ1n) is 9.48. The van der Waals surface area contributed by atoms with Crippen molar-refractivity contribution in [3.05, 3.63) is 51.6 Å². The van der Waals surface area contributed by atoms with Gasteiger partial charge in [0.25, 0.3) is 5.56 Å². The molecule has 4 rings (SSSR count). The predicted octanol–water partition coefficient (Wildman–Crippen LogP) is -0.526. The van der Waals surface area contributed by atoms with Gasteiger partial charge in [-0.05, 0) is 40.9 Å². The molecule has 0 saturated carbocycles. The van der Waals surface area contributed by atoms with Crippen LogP contribution in [0.15, 0.2) is 29.1 Å². The van der Waals surface area contributed by atoms with E-state index in [0.717, 1.165) is 29.6 Å². The zero-order chi connectivity index (χ0) is 19.5. The molecule has 0 unspecified atom stereocenters. The van der Waals surface area contributed by atoms with Gasteiger partial charge in [0.05, 0.1) is 31.9 Å². The minimum Gasteiger partial charge on any atom is -0.383 e. The average molecular weight is 385 g/mol. The molecule has 0 amide bonds. The second-order valence-electron chi connectivity index (χ2n) is 7.10. The first-order valence-corrected chi connectivity index (χ1v) is 9.48. The molecule has 2 aromatic heterocycles. The van der Waals surface area contributed by atoms with Gasteiger partial charge in [-0.15, -0.1) is 5.10 Å². The van der Waals surface area contributed by atoms with Crippen molar-refractivity contribution in [2.24, 2.45) is 0 Å². The van der Waals surface area contributed by atoms with E-state index in [9.17, 15) is 4.79 Å². The summed E-state index contributed by atoms with van der Waals surface area (Å²) in [6.07, 6.45) is 0. The number of nitrogens with zero attached hydrogens (tertiary/aromatic N) is 4. The summed E-state index contributed by atoms with van der Waals surface area (Å²) in [6, 6.07) is 7.71. The minimum atomic E-state index is -0.274. The summed E-state index contributed by atoms with van der Waals surface area (Å²) in [7, 11) is 1.64. The van der Waals surface area contributed by atoms with Crippen molar-refractivity contribution in [2.75, 3.05) is 40.0 Å². The first-order chi connectivity index (χ1) is 13.7. The van der Waals surface area contributed by atoms with E-state index < -0.39 is 0 Å². The van der Waals surface area contributed by atoms with Crippen molar-refractivity contribution >= 4 is 10.9 Å². The maximum Gasteiger partial charge on any atom is 0.258 e. The van der Waals surface area contributed by atoms with Crippen molar-refractivity contribution in [3.63, 3.8) is 0 Å². The normalized spacial score (nSPS) is 16.5. The summed E-state index contributed by atoms with van der Waals surface area (Å²) in [4.78, 5) is 17.3. The number of ether oxygens (including phenoxy) is 2. The Morgan fingerprint density at radius 1 is 1.32 bits per heavy atom. The summed E-state index contributed by atoms with van der Waals surface area (Å²) in [5, 5.41) is 13.3. The largest absolute Gasteiger partial charge is 0.383 e. The maximum atomic E-state index is 13.0. The van der Waals surface area contributed by atoms with Crippen molar-refractivity contribution in [2.45, 2.75) is 19.5 Å². The van der Waals surface area contributed by atoms with Crippen LogP contribution in [0.4, 0.5) is 0 Å². The first kappa shape index (κ1) is 18.7. The Balaban J connectivity index is 1.84. The van der Waals surface area contributed by atoms with E-state index >= 15 is 0 Å². The molecule has 0 aliphatic carbocycles. The summed E-state index contributed by atoms with van der Waals surface area (Å²) in [5.41, 5.74) is 2.53. The van der Waals surface area contributed by atoms with Crippen LogP contribution in [0.5, 0.6) is 0 Å². The molecule has 0 spiro atoms. The van der Waals surface area contributed by atoms with Crippen LogP contribution < -0.4 is 10.5 Å². The number of benzene rings is 1. The van der Waals surface area contributed by atoms with Gasteiger partial charge in [0, 0.05) is 12.6 Å². The van der Waals surface area contributed by atoms with Gasteiger partial charge in [0.2, 0.25) is 5.82 Å². The van der Waals surface area contributed by atoms with Gasteiger partial charge in [0.15, 0.2) is 6.04 Å². The molecule has 3 aromatic rings. The van der Waals surface area contributed by atoms with E-state index in [4.69, 9.17) is 9.47 Å². The van der Waals surface area contributed by atoms with Gasteiger partial charge in [-0.2, -0.15) is 0 Å². The van der Waals surface area contributed by atoms with Crippen molar-refractivity contribution in [3.8, 4) is 0 Å². The van der Waals surface area contributed by atoms with E-state index in [-0.39, 0.29) is 11.6 Å². The molecular formula is C19H25N6O3+. The molecule has 2 N–H and O–H groups in total. The summed E-state index contributed by atoms with van der Waals surface area (Å²) in [5.74, 6) is 0.673. The fourth-order valence-corrected chi connectivity index (χ4v) is 3.78. The lowest BCUT2D eigenvalue weighted by Gasteiger charge is -2.30. The lowest BCUT2D eigenvalue weighted by molar-refractivity contribution is -0.933. The number of aromatic amines is 1. The molecule has 1 atom stereocenters. The molecule has 1 aliphatic heterocycles. The SMILES string of the molecule is COCCn1nnnc1[C@@H](c1cc2cc(C)ccc2[nH]c1=O)[NH+]1CCOCC1. The molecule has 0 radical (unpaired) electrons. The number of methoxy groups -OCH3 is 1. The van der Waals surface area contributed by atoms with Crippen LogP contribution in [0.2, 0.25) is 0 Å². The molecule has 9 nitrogen and oxygen atoms in total. The molecule has 1 fully saturated rings. The number of morpholine rings is 1. The fraction of sp³-hybridized carbons (Fsp3) is 0.474. The fourth-order valence-electron chi connectivity index (χ4n) is 3.78. The Hall–Kier alpha value is -2.62. The number of rotatable bonds is 6. The number of tetrazole rings is 1. The Kier molecular flexibility index (Phi) is 5.47. The molecule has 28 heavy (non-hydrogen) atoms. The van der Waals surface area contributed by atoms with Crippen LogP contribution in [0.1, 0.15) is 23.0 Å². The van der Waals surface area contributed by atoms with Crippen molar-refractivity contribution < 1.29 is 14.4 Å². The Morgan fingerprint density at radius 3 is 2.93 bits per heavy atom. The number of quaternary nitrogens is 1. The Morgan fingerprint density at radius 2 is 2.14 bits per heavy atom. The van der Waals surface area contributed by atoms with Crippen LogP contribution in [-0.4, -0.2) is 65.2 Å². The van der Waals surface area contributed by atoms with Crippen LogP contribution in [-0.2, 0) is 16.0 Å². The summed E-state index contributed by atoms with van der Waals surface area (Å²) < 4.78 is 12.4. The van der Waals surface area contributed by atoms with E-state index in [1.165, 1.54) is 4.90 Å². The molecule has 1 aliphatic rings. The molecule has 1 aromatic carbocycles. The number of aromatic nitrogens is 5. The van der Waals surface area contributed by atoms with Gasteiger partial charge >= 0.3 is 0 Å². The Bertz CT molecular complexity index is 1010. The van der Waals surface area contributed by atoms with E-state index in [1.807, 2.05) is 25.1 Å². The zero-order valence-corrected chi connectivity index (χ0v) is 16.1. The minimum absolute atomic E-state index is 0.110. The number of pyridine rings is 1. The quantitative estimate of drug-likeness (QED) is 0.592. The van der Waals surface area contributed by atoms with Crippen LogP contribution in [0, 0.1) is 6.92 Å². The molecular weight excluding hydrogens is 360 g/mol. The molecule has 148 valence electrons. The van der Waals surface area contributed by atoms with Gasteiger partial charge in [-0.3, -0.25) is 4.79 Å². The summed E-state index contributed by atoms with van der Waals surface area (Å²) in [6.45, 7) is 5.94. The summed E-state index contributed by atoms with van der Waals surface area (Å²) >= 11 is 0. The van der Waals surface area contributed by atoms with Crippen molar-refractivity contribution in [1.29, 1.82) is 0 Å². The topological polar surface area (TPSA) is 99.4 Å². The van der Waals surface area contributed by atoms with E-state index in [0.29, 0.717) is 37.8 Å². The highest BCUT2D eigenvalue weighted by Gasteiger charge is 2.35. The number of aryl methyl sites for hydroxylation is 1. The van der Waals surface area contributed by atoms with Crippen LogP contribution >= 0.6 is 0 Å². The molecule has 0 bridgehead atoms. The highest BCUT2D eigenvalue weighted by atomic mass is 16.5. The van der Waals surface area contributed by atoms with Gasteiger partial charge < -0.3 is 19.4 Å². The zero-order valence-electron chi connectivity index (χ0n) is 16.1.